The van der Waals surface area contributed by atoms with Crippen molar-refractivity contribution in [2.75, 3.05) is 26.0 Å². The molecule has 0 saturated carbocycles. The largest absolute Gasteiger partial charge is 0.325 e. The minimum Gasteiger partial charge on any atom is -0.325 e. The van der Waals surface area contributed by atoms with Crippen molar-refractivity contribution in [3.63, 3.8) is 0 Å². The summed E-state index contributed by atoms with van der Waals surface area (Å²) in [5.41, 5.74) is 2.20. The second-order valence-electron chi connectivity index (χ2n) is 6.89. The van der Waals surface area contributed by atoms with Crippen LogP contribution in [0.1, 0.15) is 18.1 Å². The first-order chi connectivity index (χ1) is 13.8. The van der Waals surface area contributed by atoms with Gasteiger partial charge in [0.05, 0.1) is 6.54 Å². The number of amides is 1. The lowest BCUT2D eigenvalue weighted by Gasteiger charge is -2.10. The molecule has 0 radical (unpaired) electrons. The van der Waals surface area contributed by atoms with Gasteiger partial charge in [-0.2, -0.15) is 11.3 Å². The van der Waals surface area contributed by atoms with Crippen LogP contribution in [0, 0.1) is 0 Å². The van der Waals surface area contributed by atoms with Crippen LogP contribution < -0.4 is 27.1 Å². The van der Waals surface area contributed by atoms with Gasteiger partial charge in [-0.25, -0.2) is 0 Å². The Kier molecular flexibility index (Phi) is 6.26. The second kappa shape index (κ2) is 8.85. The lowest BCUT2D eigenvalue weighted by atomic mass is 10.1. The maximum absolute atomic E-state index is 12.5. The molecular formula is C21H22N4O3S. The Labute approximate surface area is 171 Å². The SMILES string of the molecule is C/C(c1ccc(NC(=O)CN(C)C)cc1)=c1/[nH]c(=O)/c(=C/c2ccsc2)[nH]c1=O. The average Bonchev–Trinajstić information content (AvgIpc) is 3.17. The van der Waals surface area contributed by atoms with Crippen LogP contribution >= 0.6 is 11.3 Å². The fourth-order valence-electron chi connectivity index (χ4n) is 2.80. The van der Waals surface area contributed by atoms with Gasteiger partial charge in [0.2, 0.25) is 5.91 Å². The van der Waals surface area contributed by atoms with E-state index in [9.17, 15) is 14.4 Å². The van der Waals surface area contributed by atoms with Gasteiger partial charge in [0.15, 0.2) is 0 Å². The maximum Gasteiger partial charge on any atom is 0.272 e. The molecule has 29 heavy (non-hydrogen) atoms. The minimum absolute atomic E-state index is 0.110. The van der Waals surface area contributed by atoms with Crippen LogP contribution in [0.2, 0.25) is 0 Å². The third kappa shape index (κ3) is 5.18. The standard InChI is InChI=1S/C21H22N4O3S/c1-13(15-4-6-16(7-5-15)22-18(26)11-25(2)3)19-21(28)23-17(20(27)24-19)10-14-8-9-29-12-14/h4-10,12H,11H2,1-3H3,(H,22,26)(H,23,28)(H,24,27)/b17-10-,19-13-. The lowest BCUT2D eigenvalue weighted by molar-refractivity contribution is -0.116. The van der Waals surface area contributed by atoms with Gasteiger partial charge in [-0.05, 0) is 72.8 Å². The summed E-state index contributed by atoms with van der Waals surface area (Å²) < 4.78 is 0. The van der Waals surface area contributed by atoms with Crippen LogP contribution in [0.5, 0.6) is 0 Å². The Morgan fingerprint density at radius 1 is 1.10 bits per heavy atom. The number of nitrogens with one attached hydrogen (secondary N) is 3. The Hall–Kier alpha value is -3.23. The molecule has 0 aliphatic carbocycles. The summed E-state index contributed by atoms with van der Waals surface area (Å²) in [6, 6.07) is 8.98. The monoisotopic (exact) mass is 410 g/mol. The quantitative estimate of drug-likeness (QED) is 0.576. The van der Waals surface area contributed by atoms with Crippen LogP contribution in [0.3, 0.4) is 0 Å². The van der Waals surface area contributed by atoms with Gasteiger partial charge >= 0.3 is 0 Å². The predicted octanol–water partition coefficient (Wildman–Crippen LogP) is 0.673. The van der Waals surface area contributed by atoms with Gasteiger partial charge in [0.1, 0.15) is 10.7 Å². The van der Waals surface area contributed by atoms with Crippen molar-refractivity contribution >= 4 is 34.6 Å². The van der Waals surface area contributed by atoms with Gasteiger partial charge in [-0.3, -0.25) is 14.4 Å². The van der Waals surface area contributed by atoms with Gasteiger partial charge in [0, 0.05) is 5.69 Å². The van der Waals surface area contributed by atoms with E-state index < -0.39 is 0 Å². The third-order valence-corrected chi connectivity index (χ3v) is 4.95. The van der Waals surface area contributed by atoms with Crippen molar-refractivity contribution in [2.24, 2.45) is 0 Å². The molecule has 2 heterocycles. The average molecular weight is 410 g/mol. The second-order valence-corrected chi connectivity index (χ2v) is 7.67. The first kappa shape index (κ1) is 20.5. The van der Waals surface area contributed by atoms with E-state index >= 15 is 0 Å². The molecular weight excluding hydrogens is 388 g/mol. The summed E-state index contributed by atoms with van der Waals surface area (Å²) in [4.78, 5) is 43.9. The normalized spacial score (nSPS) is 12.9. The van der Waals surface area contributed by atoms with Crippen molar-refractivity contribution in [1.29, 1.82) is 0 Å². The molecule has 8 heteroatoms. The molecule has 150 valence electrons. The molecule has 0 saturated heterocycles. The van der Waals surface area contributed by atoms with E-state index in [1.165, 1.54) is 11.3 Å². The molecule has 3 aromatic rings. The lowest BCUT2D eigenvalue weighted by Crippen LogP contribution is -2.47. The molecule has 1 aromatic carbocycles. The number of hydrogen-bond acceptors (Lipinski definition) is 5. The topological polar surface area (TPSA) is 98.1 Å². The zero-order valence-corrected chi connectivity index (χ0v) is 17.2. The first-order valence-corrected chi connectivity index (χ1v) is 9.90. The molecule has 0 bridgehead atoms. The highest BCUT2D eigenvalue weighted by atomic mass is 32.1. The van der Waals surface area contributed by atoms with E-state index in [2.05, 4.69) is 15.3 Å². The number of carbonyl (C=O) groups excluding carboxylic acids is 1. The zero-order chi connectivity index (χ0) is 21.0. The Bertz CT molecular complexity index is 1240. The molecule has 0 spiro atoms. The summed E-state index contributed by atoms with van der Waals surface area (Å²) in [7, 11) is 3.64. The number of hydrogen-bond donors (Lipinski definition) is 3. The van der Waals surface area contributed by atoms with Crippen molar-refractivity contribution in [1.82, 2.24) is 14.9 Å². The summed E-state index contributed by atoms with van der Waals surface area (Å²) >= 11 is 1.51. The highest BCUT2D eigenvalue weighted by molar-refractivity contribution is 7.08. The molecule has 0 unspecified atom stereocenters. The van der Waals surface area contributed by atoms with Crippen LogP contribution in [-0.2, 0) is 4.79 Å². The van der Waals surface area contributed by atoms with Gasteiger partial charge < -0.3 is 20.2 Å². The highest BCUT2D eigenvalue weighted by Crippen LogP contribution is 2.14. The zero-order valence-electron chi connectivity index (χ0n) is 16.4. The number of likely N-dealkylation sites (N-methyl/N-ethyl adjacent to an activating group) is 1. The number of anilines is 1. The van der Waals surface area contributed by atoms with Crippen molar-refractivity contribution in [2.45, 2.75) is 6.92 Å². The number of carbonyl (C=O) groups is 1. The fraction of sp³-hybridized carbons (Fsp3) is 0.190. The number of aromatic nitrogens is 2. The Morgan fingerprint density at radius 3 is 2.45 bits per heavy atom. The van der Waals surface area contributed by atoms with Gasteiger partial charge in [-0.1, -0.05) is 12.1 Å². The van der Waals surface area contributed by atoms with Crippen molar-refractivity contribution < 1.29 is 4.79 Å². The first-order valence-electron chi connectivity index (χ1n) is 8.96. The van der Waals surface area contributed by atoms with Crippen LogP contribution in [0.15, 0.2) is 50.7 Å². The maximum atomic E-state index is 12.5. The molecule has 0 atom stereocenters. The summed E-state index contributed by atoms with van der Waals surface area (Å²) in [6.07, 6.45) is 1.64. The number of thiophene rings is 1. The van der Waals surface area contributed by atoms with Gasteiger partial charge in [-0.15, -0.1) is 0 Å². The number of aromatic amines is 2. The minimum atomic E-state index is -0.369. The van der Waals surface area contributed by atoms with Crippen LogP contribution in [0.4, 0.5) is 5.69 Å². The van der Waals surface area contributed by atoms with E-state index in [0.717, 1.165) is 11.1 Å². The number of benzene rings is 1. The molecule has 2 aromatic heterocycles. The third-order valence-electron chi connectivity index (χ3n) is 4.25. The molecule has 1 amide bonds. The molecule has 0 fully saturated rings. The Morgan fingerprint density at radius 2 is 1.83 bits per heavy atom. The summed E-state index contributed by atoms with van der Waals surface area (Å²) in [6.45, 7) is 2.06. The molecule has 0 aliphatic rings. The Balaban J connectivity index is 1.93. The van der Waals surface area contributed by atoms with Crippen molar-refractivity contribution in [3.05, 3.63) is 83.6 Å². The predicted molar refractivity (Wildman–Crippen MR) is 117 cm³/mol. The number of rotatable bonds is 5. The van der Waals surface area contributed by atoms with Crippen molar-refractivity contribution in [3.8, 4) is 0 Å². The summed E-state index contributed by atoms with van der Waals surface area (Å²) in [5, 5.41) is 7.02. The summed E-state index contributed by atoms with van der Waals surface area (Å²) in [5.74, 6) is -0.110. The van der Waals surface area contributed by atoms with E-state index in [1.807, 2.05) is 30.9 Å². The molecule has 3 N–H and O–H groups in total. The van der Waals surface area contributed by atoms with E-state index in [4.69, 9.17) is 0 Å². The molecule has 3 rings (SSSR count). The highest BCUT2D eigenvalue weighted by Gasteiger charge is 2.06. The van der Waals surface area contributed by atoms with Crippen LogP contribution in [-0.4, -0.2) is 41.4 Å². The van der Waals surface area contributed by atoms with E-state index in [1.54, 1.807) is 42.2 Å². The van der Waals surface area contributed by atoms with Crippen LogP contribution in [0.25, 0.3) is 11.6 Å². The number of nitrogens with zero attached hydrogens (tertiary/aromatic N) is 1. The van der Waals surface area contributed by atoms with E-state index in [0.29, 0.717) is 11.3 Å². The number of H-pyrrole nitrogens is 2. The molecule has 7 nitrogen and oxygen atoms in total. The smallest absolute Gasteiger partial charge is 0.272 e. The molecule has 0 aliphatic heterocycles. The van der Waals surface area contributed by atoms with Gasteiger partial charge in [0.25, 0.3) is 11.1 Å². The van der Waals surface area contributed by atoms with E-state index in [-0.39, 0.29) is 34.3 Å². The fourth-order valence-corrected chi connectivity index (χ4v) is 3.42.